The summed E-state index contributed by atoms with van der Waals surface area (Å²) >= 11 is 0. The van der Waals surface area contributed by atoms with Crippen LogP contribution in [0.15, 0.2) is 64.8 Å². The van der Waals surface area contributed by atoms with Crippen molar-refractivity contribution >= 4 is 15.8 Å². The zero-order valence-corrected chi connectivity index (χ0v) is 15.1. The van der Waals surface area contributed by atoms with Crippen molar-refractivity contribution in [3.63, 3.8) is 0 Å². The van der Waals surface area contributed by atoms with E-state index in [2.05, 4.69) is 4.72 Å². The highest BCUT2D eigenvalue weighted by molar-refractivity contribution is 7.89. The van der Waals surface area contributed by atoms with Crippen LogP contribution in [0, 0.1) is 6.92 Å². The van der Waals surface area contributed by atoms with Gasteiger partial charge in [-0.15, -0.1) is 0 Å². The number of hydrogen-bond acceptors (Lipinski definition) is 4. The van der Waals surface area contributed by atoms with Gasteiger partial charge < -0.3 is 4.74 Å². The number of allylic oxidation sites excluding steroid dienone is 1. The predicted molar refractivity (Wildman–Crippen MR) is 94.7 cm³/mol. The van der Waals surface area contributed by atoms with Gasteiger partial charge in [-0.1, -0.05) is 35.9 Å². The maximum absolute atomic E-state index is 12.8. The number of Topliss-reactive ketones (excluding diaryl/α,β-unsaturated/α-hetero) is 1. The Kier molecular flexibility index (Phi) is 4.49. The number of nitrogens with one attached hydrogen (secondary N) is 1. The molecule has 130 valence electrons. The van der Waals surface area contributed by atoms with Gasteiger partial charge in [-0.05, 0) is 39.0 Å². The molecule has 0 radical (unpaired) electrons. The Labute approximate surface area is 147 Å². The Bertz CT molecular complexity index is 959. The van der Waals surface area contributed by atoms with E-state index in [-0.39, 0.29) is 10.7 Å². The largest absolute Gasteiger partial charge is 0.461 e. The monoisotopic (exact) mass is 357 g/mol. The number of sulfonamides is 1. The van der Waals surface area contributed by atoms with E-state index >= 15 is 0 Å². The van der Waals surface area contributed by atoms with Gasteiger partial charge in [0.25, 0.3) is 0 Å². The third kappa shape index (κ3) is 3.36. The Morgan fingerprint density at radius 2 is 1.68 bits per heavy atom. The van der Waals surface area contributed by atoms with Crippen LogP contribution in [-0.2, 0) is 14.8 Å². The molecule has 2 aromatic carbocycles. The molecule has 0 saturated carbocycles. The first-order chi connectivity index (χ1) is 11.8. The molecule has 2 aromatic rings. The van der Waals surface area contributed by atoms with Gasteiger partial charge in [-0.25, -0.2) is 8.42 Å². The lowest BCUT2D eigenvalue weighted by Gasteiger charge is -2.29. The highest BCUT2D eigenvalue weighted by atomic mass is 32.2. The van der Waals surface area contributed by atoms with E-state index in [0.29, 0.717) is 22.6 Å². The first kappa shape index (κ1) is 17.4. The molecule has 25 heavy (non-hydrogen) atoms. The van der Waals surface area contributed by atoms with E-state index in [1.54, 1.807) is 55.5 Å². The molecule has 0 aromatic heterocycles. The molecule has 1 atom stereocenters. The van der Waals surface area contributed by atoms with Gasteiger partial charge in [0.2, 0.25) is 10.0 Å². The van der Waals surface area contributed by atoms with Crippen LogP contribution in [0.1, 0.15) is 31.0 Å². The number of aryl methyl sites for hydroxylation is 1. The van der Waals surface area contributed by atoms with E-state index in [1.807, 2.05) is 6.92 Å². The van der Waals surface area contributed by atoms with Crippen LogP contribution < -0.4 is 9.46 Å². The van der Waals surface area contributed by atoms with Crippen LogP contribution in [0.25, 0.3) is 0 Å². The van der Waals surface area contributed by atoms with Gasteiger partial charge in [0, 0.05) is 5.56 Å². The smallest absolute Gasteiger partial charge is 0.241 e. The van der Waals surface area contributed by atoms with Gasteiger partial charge in [0.15, 0.2) is 5.78 Å². The number of carbonyl (C=O) groups excluding carboxylic acids is 1. The molecular weight excluding hydrogens is 338 g/mol. The number of para-hydroxylation sites is 1. The molecule has 0 saturated heterocycles. The molecule has 0 spiro atoms. The minimum absolute atomic E-state index is 0.155. The van der Waals surface area contributed by atoms with Gasteiger partial charge in [0.05, 0.1) is 16.5 Å². The lowest BCUT2D eigenvalue weighted by molar-refractivity contribution is -0.114. The SMILES string of the molecule is CC(=O)C1=C(C)Oc2ccccc2C1NS(=O)(=O)c1ccc(C)cc1. The van der Waals surface area contributed by atoms with Crippen molar-refractivity contribution in [2.45, 2.75) is 31.7 Å². The predicted octanol–water partition coefficient (Wildman–Crippen LogP) is 3.27. The third-order valence-corrected chi connectivity index (χ3v) is 5.58. The topological polar surface area (TPSA) is 72.5 Å². The average molecular weight is 357 g/mol. The second kappa shape index (κ2) is 6.46. The zero-order valence-electron chi connectivity index (χ0n) is 14.2. The maximum atomic E-state index is 12.8. The molecule has 0 amide bonds. The number of benzene rings is 2. The summed E-state index contributed by atoms with van der Waals surface area (Å²) in [4.78, 5) is 12.3. The molecule has 1 aliphatic heterocycles. The number of fused-ring (bicyclic) bond motifs is 1. The van der Waals surface area contributed by atoms with Crippen molar-refractivity contribution in [2.24, 2.45) is 0 Å². The van der Waals surface area contributed by atoms with E-state index in [0.717, 1.165) is 5.56 Å². The number of hydrogen-bond donors (Lipinski definition) is 1. The quantitative estimate of drug-likeness (QED) is 0.911. The van der Waals surface area contributed by atoms with E-state index in [9.17, 15) is 13.2 Å². The van der Waals surface area contributed by atoms with Crippen molar-refractivity contribution in [3.05, 3.63) is 71.0 Å². The summed E-state index contributed by atoms with van der Waals surface area (Å²) in [5.41, 5.74) is 1.90. The normalized spacial score (nSPS) is 17.0. The van der Waals surface area contributed by atoms with Crippen molar-refractivity contribution in [2.75, 3.05) is 0 Å². The van der Waals surface area contributed by atoms with Gasteiger partial charge in [-0.2, -0.15) is 4.72 Å². The summed E-state index contributed by atoms with van der Waals surface area (Å²) in [7, 11) is -3.80. The molecule has 1 N–H and O–H groups in total. The van der Waals surface area contributed by atoms with E-state index in [1.165, 1.54) is 6.92 Å². The van der Waals surface area contributed by atoms with Crippen LogP contribution in [-0.4, -0.2) is 14.2 Å². The van der Waals surface area contributed by atoms with Crippen molar-refractivity contribution in [1.82, 2.24) is 4.72 Å². The lowest BCUT2D eigenvalue weighted by atomic mass is 9.93. The molecule has 0 fully saturated rings. The highest BCUT2D eigenvalue weighted by Crippen LogP contribution is 2.38. The highest BCUT2D eigenvalue weighted by Gasteiger charge is 2.33. The van der Waals surface area contributed by atoms with Crippen LogP contribution in [0.2, 0.25) is 0 Å². The molecule has 6 heteroatoms. The Hall–Kier alpha value is -2.44. The summed E-state index contributed by atoms with van der Waals surface area (Å²) in [6, 6.07) is 12.9. The molecular formula is C19H19NO4S. The number of carbonyl (C=O) groups is 1. The van der Waals surface area contributed by atoms with E-state index in [4.69, 9.17) is 4.74 Å². The van der Waals surface area contributed by atoms with E-state index < -0.39 is 16.1 Å². The average Bonchev–Trinajstić information content (AvgIpc) is 2.54. The van der Waals surface area contributed by atoms with Crippen LogP contribution in [0.5, 0.6) is 5.75 Å². The molecule has 0 bridgehead atoms. The molecule has 1 heterocycles. The molecule has 1 unspecified atom stereocenters. The zero-order chi connectivity index (χ0) is 18.2. The van der Waals surface area contributed by atoms with Crippen molar-refractivity contribution < 1.29 is 17.9 Å². The van der Waals surface area contributed by atoms with Crippen LogP contribution in [0.3, 0.4) is 0 Å². The molecule has 0 aliphatic carbocycles. The first-order valence-corrected chi connectivity index (χ1v) is 9.35. The molecule has 1 aliphatic rings. The Balaban J connectivity index is 2.07. The summed E-state index contributed by atoms with van der Waals surface area (Å²) in [5.74, 6) is 0.716. The number of ketones is 1. The fourth-order valence-corrected chi connectivity index (χ4v) is 4.09. The minimum Gasteiger partial charge on any atom is -0.461 e. The van der Waals surface area contributed by atoms with Gasteiger partial charge >= 0.3 is 0 Å². The summed E-state index contributed by atoms with van der Waals surface area (Å²) in [5, 5.41) is 0. The van der Waals surface area contributed by atoms with Crippen LogP contribution in [0.4, 0.5) is 0 Å². The van der Waals surface area contributed by atoms with Gasteiger partial charge in [-0.3, -0.25) is 4.79 Å². The summed E-state index contributed by atoms with van der Waals surface area (Å²) in [6.45, 7) is 4.96. The number of rotatable bonds is 4. The van der Waals surface area contributed by atoms with Crippen LogP contribution >= 0.6 is 0 Å². The second-order valence-electron chi connectivity index (χ2n) is 6.03. The lowest BCUT2D eigenvalue weighted by Crippen LogP contribution is -2.34. The summed E-state index contributed by atoms with van der Waals surface area (Å²) < 4.78 is 34.0. The standard InChI is InChI=1S/C19H19NO4S/c1-12-8-10-15(11-9-12)25(22,23)20-19-16-6-4-5-7-17(16)24-14(3)18(19)13(2)21/h4-11,19-20H,1-3H3. The van der Waals surface area contributed by atoms with Crippen molar-refractivity contribution in [1.29, 1.82) is 0 Å². The summed E-state index contributed by atoms with van der Waals surface area (Å²) in [6.07, 6.45) is 0. The molecule has 5 nitrogen and oxygen atoms in total. The van der Waals surface area contributed by atoms with Gasteiger partial charge in [0.1, 0.15) is 11.5 Å². The maximum Gasteiger partial charge on any atom is 0.241 e. The first-order valence-electron chi connectivity index (χ1n) is 7.87. The fourth-order valence-electron chi connectivity index (χ4n) is 2.90. The number of ether oxygens (including phenoxy) is 1. The fraction of sp³-hybridized carbons (Fsp3) is 0.211. The van der Waals surface area contributed by atoms with Crippen molar-refractivity contribution in [3.8, 4) is 5.75 Å². The Morgan fingerprint density at radius 1 is 1.04 bits per heavy atom. The third-order valence-electron chi connectivity index (χ3n) is 4.14. The second-order valence-corrected chi connectivity index (χ2v) is 7.75. The Morgan fingerprint density at radius 3 is 2.32 bits per heavy atom. The minimum atomic E-state index is -3.80. The molecule has 3 rings (SSSR count).